The minimum atomic E-state index is -0.272. The Kier molecular flexibility index (Phi) is 9.81. The molecule has 0 fully saturated rings. The van der Waals surface area contributed by atoms with Gasteiger partial charge < -0.3 is 14.8 Å². The second-order valence-corrected chi connectivity index (χ2v) is 8.47. The molecule has 0 heterocycles. The van der Waals surface area contributed by atoms with Crippen molar-refractivity contribution in [2.45, 2.75) is 5.75 Å². The van der Waals surface area contributed by atoms with Crippen LogP contribution in [0.4, 0.5) is 5.69 Å². The van der Waals surface area contributed by atoms with Crippen molar-refractivity contribution in [2.24, 2.45) is 5.10 Å². The number of thioether (sulfide) groups is 1. The molecule has 9 heteroatoms. The highest BCUT2D eigenvalue weighted by Crippen LogP contribution is 2.17. The number of carbonyl (C=O) groups is 2. The number of nitrogens with zero attached hydrogens (tertiary/aromatic N) is 1. The first kappa shape index (κ1) is 25.1. The Morgan fingerprint density at radius 2 is 1.74 bits per heavy atom. The van der Waals surface area contributed by atoms with E-state index in [4.69, 9.17) is 21.1 Å². The van der Waals surface area contributed by atoms with Crippen LogP contribution in [0.2, 0.25) is 5.02 Å². The van der Waals surface area contributed by atoms with Gasteiger partial charge in [-0.05, 0) is 71.8 Å². The van der Waals surface area contributed by atoms with Crippen molar-refractivity contribution in [3.8, 4) is 11.5 Å². The Morgan fingerprint density at radius 1 is 1.00 bits per heavy atom. The number of rotatable bonds is 11. The van der Waals surface area contributed by atoms with E-state index >= 15 is 0 Å². The third-order valence-corrected chi connectivity index (χ3v) is 5.66. The quantitative estimate of drug-likeness (QED) is 0.295. The normalized spacial score (nSPS) is 10.6. The number of halogens is 1. The molecule has 0 radical (unpaired) electrons. The van der Waals surface area contributed by atoms with Crippen LogP contribution in [0.1, 0.15) is 11.1 Å². The van der Waals surface area contributed by atoms with Gasteiger partial charge in [0, 0.05) is 16.5 Å². The maximum absolute atomic E-state index is 12.0. The Labute approximate surface area is 207 Å². The number of ether oxygens (including phenoxy) is 2. The molecule has 0 saturated heterocycles. The van der Waals surface area contributed by atoms with E-state index in [1.807, 2.05) is 24.3 Å². The van der Waals surface area contributed by atoms with Crippen LogP contribution < -0.4 is 20.2 Å². The van der Waals surface area contributed by atoms with Gasteiger partial charge in [-0.1, -0.05) is 23.7 Å². The zero-order valence-electron chi connectivity index (χ0n) is 18.5. The maximum Gasteiger partial charge on any atom is 0.262 e. The Bertz CT molecular complexity index is 1120. The highest BCUT2D eigenvalue weighted by molar-refractivity contribution is 7.99. The average Bonchev–Trinajstić information content (AvgIpc) is 2.84. The first-order valence-corrected chi connectivity index (χ1v) is 11.9. The van der Waals surface area contributed by atoms with E-state index in [1.54, 1.807) is 61.9 Å². The summed E-state index contributed by atoms with van der Waals surface area (Å²) in [5.74, 6) is 1.78. The summed E-state index contributed by atoms with van der Waals surface area (Å²) in [5.41, 5.74) is 5.01. The van der Waals surface area contributed by atoms with Crippen molar-refractivity contribution in [1.29, 1.82) is 0 Å². The van der Waals surface area contributed by atoms with Crippen molar-refractivity contribution in [3.63, 3.8) is 0 Å². The smallest absolute Gasteiger partial charge is 0.262 e. The summed E-state index contributed by atoms with van der Waals surface area (Å²) in [4.78, 5) is 24.0. The van der Waals surface area contributed by atoms with Crippen molar-refractivity contribution in [3.05, 3.63) is 88.9 Å². The molecule has 0 aliphatic heterocycles. The molecular weight excluding hydrogens is 474 g/mol. The second kappa shape index (κ2) is 13.3. The van der Waals surface area contributed by atoms with Crippen LogP contribution in [0.25, 0.3) is 0 Å². The molecule has 0 spiro atoms. The molecule has 0 atom stereocenters. The van der Waals surface area contributed by atoms with Crippen molar-refractivity contribution in [1.82, 2.24) is 5.43 Å². The Hall–Kier alpha value is -3.49. The summed E-state index contributed by atoms with van der Waals surface area (Å²) < 4.78 is 10.6. The minimum absolute atomic E-state index is 0.123. The van der Waals surface area contributed by atoms with E-state index in [1.165, 1.54) is 11.8 Å². The van der Waals surface area contributed by atoms with Gasteiger partial charge in [-0.25, -0.2) is 5.43 Å². The van der Waals surface area contributed by atoms with Gasteiger partial charge in [-0.15, -0.1) is 11.8 Å². The predicted molar refractivity (Wildman–Crippen MR) is 137 cm³/mol. The van der Waals surface area contributed by atoms with Crippen molar-refractivity contribution < 1.29 is 19.1 Å². The maximum atomic E-state index is 12.0. The van der Waals surface area contributed by atoms with Gasteiger partial charge in [-0.3, -0.25) is 9.59 Å². The third kappa shape index (κ3) is 8.80. The standard InChI is InChI=1S/C25H24ClN3O4S/c1-32-22-11-7-21(8-12-22)28-24(30)15-33-23-9-5-18(6-10-23)14-27-29-25(31)17-34-16-19-3-2-4-20(26)13-19/h2-14H,15-17H2,1H3,(H,28,30)(H,29,31)/b27-14-. The van der Waals surface area contributed by atoms with Crippen molar-refractivity contribution in [2.75, 3.05) is 24.8 Å². The predicted octanol–water partition coefficient (Wildman–Crippen LogP) is 4.75. The molecule has 0 aromatic heterocycles. The summed E-state index contributed by atoms with van der Waals surface area (Å²) >= 11 is 7.44. The van der Waals surface area contributed by atoms with Crippen LogP contribution in [0.3, 0.4) is 0 Å². The highest BCUT2D eigenvalue weighted by Gasteiger charge is 2.05. The van der Waals surface area contributed by atoms with E-state index < -0.39 is 0 Å². The lowest BCUT2D eigenvalue weighted by Crippen LogP contribution is -2.20. The summed E-state index contributed by atoms with van der Waals surface area (Å²) in [5, 5.41) is 7.40. The summed E-state index contributed by atoms with van der Waals surface area (Å²) in [6.07, 6.45) is 1.54. The van der Waals surface area contributed by atoms with Gasteiger partial charge >= 0.3 is 0 Å². The van der Waals surface area contributed by atoms with Crippen LogP contribution in [-0.4, -0.2) is 37.5 Å². The first-order valence-electron chi connectivity index (χ1n) is 10.3. The summed E-state index contributed by atoms with van der Waals surface area (Å²) in [7, 11) is 1.58. The largest absolute Gasteiger partial charge is 0.497 e. The van der Waals surface area contributed by atoms with Crippen molar-refractivity contribution >= 4 is 47.1 Å². The molecule has 3 aromatic carbocycles. The molecule has 3 rings (SSSR count). The molecule has 0 aliphatic carbocycles. The highest BCUT2D eigenvalue weighted by atomic mass is 35.5. The average molecular weight is 498 g/mol. The molecule has 176 valence electrons. The fourth-order valence-corrected chi connectivity index (χ4v) is 3.75. The van der Waals surface area contributed by atoms with Gasteiger partial charge in [-0.2, -0.15) is 5.10 Å². The fourth-order valence-electron chi connectivity index (χ4n) is 2.77. The molecule has 3 aromatic rings. The topological polar surface area (TPSA) is 89.0 Å². The lowest BCUT2D eigenvalue weighted by atomic mass is 10.2. The van der Waals surface area contributed by atoms with E-state index in [2.05, 4.69) is 15.8 Å². The molecule has 0 saturated carbocycles. The number of anilines is 1. The Morgan fingerprint density at radius 3 is 2.44 bits per heavy atom. The number of hydrogen-bond acceptors (Lipinski definition) is 6. The minimum Gasteiger partial charge on any atom is -0.497 e. The van der Waals surface area contributed by atoms with Gasteiger partial charge in [0.25, 0.3) is 5.91 Å². The van der Waals surface area contributed by atoms with E-state index in [0.717, 1.165) is 11.1 Å². The van der Waals surface area contributed by atoms with Crippen LogP contribution in [0.15, 0.2) is 77.9 Å². The number of hydrogen-bond donors (Lipinski definition) is 2. The molecule has 2 amide bonds. The molecular formula is C25H24ClN3O4S. The van der Waals surface area contributed by atoms with Crippen LogP contribution in [-0.2, 0) is 15.3 Å². The zero-order valence-corrected chi connectivity index (χ0v) is 20.1. The third-order valence-electron chi connectivity index (χ3n) is 4.42. The molecule has 2 N–H and O–H groups in total. The number of hydrazone groups is 1. The number of carbonyl (C=O) groups excluding carboxylic acids is 2. The van der Waals surface area contributed by atoms with Gasteiger partial charge in [0.05, 0.1) is 19.1 Å². The molecule has 0 bridgehead atoms. The zero-order chi connectivity index (χ0) is 24.2. The summed E-state index contributed by atoms with van der Waals surface area (Å²) in [6, 6.07) is 21.6. The Balaban J connectivity index is 1.35. The first-order chi connectivity index (χ1) is 16.5. The van der Waals surface area contributed by atoms with E-state index in [-0.39, 0.29) is 24.2 Å². The fraction of sp³-hybridized carbons (Fsp3) is 0.160. The van der Waals surface area contributed by atoms with Gasteiger partial charge in [0.2, 0.25) is 5.91 Å². The van der Waals surface area contributed by atoms with E-state index in [9.17, 15) is 9.59 Å². The van der Waals surface area contributed by atoms with Crippen LogP contribution >= 0.6 is 23.4 Å². The lowest BCUT2D eigenvalue weighted by molar-refractivity contribution is -0.119. The SMILES string of the molecule is COc1ccc(NC(=O)COc2ccc(/C=N\NC(=O)CSCc3cccc(Cl)c3)cc2)cc1. The molecule has 7 nitrogen and oxygen atoms in total. The van der Waals surface area contributed by atoms with Crippen LogP contribution in [0.5, 0.6) is 11.5 Å². The second-order valence-electron chi connectivity index (χ2n) is 7.05. The van der Waals surface area contributed by atoms with E-state index in [0.29, 0.717) is 28.0 Å². The molecule has 0 unspecified atom stereocenters. The van der Waals surface area contributed by atoms with Crippen LogP contribution in [0, 0.1) is 0 Å². The molecule has 34 heavy (non-hydrogen) atoms. The number of methoxy groups -OCH3 is 1. The number of amides is 2. The van der Waals surface area contributed by atoms with Gasteiger partial charge in [0.1, 0.15) is 11.5 Å². The molecule has 0 aliphatic rings. The number of nitrogens with one attached hydrogen (secondary N) is 2. The van der Waals surface area contributed by atoms with Gasteiger partial charge in [0.15, 0.2) is 6.61 Å². The lowest BCUT2D eigenvalue weighted by Gasteiger charge is -2.08. The monoisotopic (exact) mass is 497 g/mol. The summed E-state index contributed by atoms with van der Waals surface area (Å²) in [6.45, 7) is -0.123. The number of benzene rings is 3.